The van der Waals surface area contributed by atoms with Crippen LogP contribution in [0.4, 0.5) is 5.69 Å². The fourth-order valence-electron chi connectivity index (χ4n) is 4.84. The normalized spacial score (nSPS) is 20.0. The summed E-state index contributed by atoms with van der Waals surface area (Å²) in [6.07, 6.45) is 7.03. The predicted octanol–water partition coefficient (Wildman–Crippen LogP) is 3.52. The van der Waals surface area contributed by atoms with Crippen LogP contribution in [0.3, 0.4) is 0 Å². The van der Waals surface area contributed by atoms with Gasteiger partial charge in [-0.25, -0.2) is 0 Å². The first kappa shape index (κ1) is 18.8. The van der Waals surface area contributed by atoms with E-state index in [1.165, 1.54) is 16.8 Å². The molecule has 1 fully saturated rings. The Bertz CT molecular complexity index is 1050. The van der Waals surface area contributed by atoms with Crippen LogP contribution in [0, 0.1) is 6.92 Å². The first-order valence-corrected chi connectivity index (χ1v) is 10.6. The lowest BCUT2D eigenvalue weighted by atomic mass is 9.85. The Morgan fingerprint density at radius 2 is 1.87 bits per heavy atom. The van der Waals surface area contributed by atoms with Crippen LogP contribution in [0.2, 0.25) is 0 Å². The standard InChI is InChI=1S/C25H26N4O/c1-19-6-8-20(9-7-19)14-23(30)28-13-10-25(17-28)18-29(16-21-4-2-11-26-15-21)22-5-3-12-27-24(22)25/h2-9,11-12,15H,10,13-14,16-18H2,1H3. The number of hydrogen-bond donors (Lipinski definition) is 0. The minimum Gasteiger partial charge on any atom is -0.365 e. The smallest absolute Gasteiger partial charge is 0.227 e. The summed E-state index contributed by atoms with van der Waals surface area (Å²) in [5, 5.41) is 0. The van der Waals surface area contributed by atoms with Gasteiger partial charge in [-0.2, -0.15) is 0 Å². The number of nitrogens with zero attached hydrogens (tertiary/aromatic N) is 4. The predicted molar refractivity (Wildman–Crippen MR) is 117 cm³/mol. The molecule has 0 bridgehead atoms. The molecule has 2 aliphatic heterocycles. The van der Waals surface area contributed by atoms with Gasteiger partial charge in [-0.05, 0) is 42.7 Å². The third-order valence-corrected chi connectivity index (χ3v) is 6.40. The van der Waals surface area contributed by atoms with Crippen LogP contribution in [0.25, 0.3) is 0 Å². The fourth-order valence-corrected chi connectivity index (χ4v) is 4.84. The van der Waals surface area contributed by atoms with Gasteiger partial charge < -0.3 is 9.80 Å². The van der Waals surface area contributed by atoms with E-state index in [0.29, 0.717) is 6.42 Å². The number of carbonyl (C=O) groups is 1. The summed E-state index contributed by atoms with van der Waals surface area (Å²) in [7, 11) is 0. The summed E-state index contributed by atoms with van der Waals surface area (Å²) < 4.78 is 0. The number of benzene rings is 1. The Balaban J connectivity index is 1.34. The van der Waals surface area contributed by atoms with Gasteiger partial charge in [0.15, 0.2) is 0 Å². The van der Waals surface area contributed by atoms with E-state index >= 15 is 0 Å². The highest BCUT2D eigenvalue weighted by Crippen LogP contribution is 2.45. The molecule has 1 saturated heterocycles. The first-order chi connectivity index (χ1) is 14.6. The van der Waals surface area contributed by atoms with E-state index in [0.717, 1.165) is 43.9 Å². The van der Waals surface area contributed by atoms with Crippen molar-refractivity contribution in [3.05, 3.63) is 89.5 Å². The number of rotatable bonds is 4. The summed E-state index contributed by atoms with van der Waals surface area (Å²) in [5.41, 5.74) is 5.73. The first-order valence-electron chi connectivity index (χ1n) is 10.6. The molecule has 1 unspecified atom stereocenters. The minimum absolute atomic E-state index is 0.0816. The van der Waals surface area contributed by atoms with E-state index in [-0.39, 0.29) is 11.3 Å². The van der Waals surface area contributed by atoms with Gasteiger partial charge in [0.25, 0.3) is 0 Å². The van der Waals surface area contributed by atoms with Crippen molar-refractivity contribution in [3.63, 3.8) is 0 Å². The molecule has 1 amide bonds. The molecule has 1 aromatic carbocycles. The van der Waals surface area contributed by atoms with Crippen LogP contribution in [0.5, 0.6) is 0 Å². The lowest BCUT2D eigenvalue weighted by molar-refractivity contribution is -0.129. The second-order valence-corrected chi connectivity index (χ2v) is 8.60. The van der Waals surface area contributed by atoms with Gasteiger partial charge in [0.1, 0.15) is 0 Å². The SMILES string of the molecule is Cc1ccc(CC(=O)N2CCC3(C2)CN(Cc2cccnc2)c2cccnc23)cc1. The molecule has 0 N–H and O–H groups in total. The summed E-state index contributed by atoms with van der Waals surface area (Å²) in [6.45, 7) is 5.30. The van der Waals surface area contributed by atoms with Crippen molar-refractivity contribution in [2.75, 3.05) is 24.5 Å². The zero-order chi connectivity index (χ0) is 20.6. The minimum atomic E-state index is -0.0816. The maximum Gasteiger partial charge on any atom is 0.227 e. The number of aryl methyl sites for hydroxylation is 1. The van der Waals surface area contributed by atoms with Gasteiger partial charge in [-0.1, -0.05) is 35.9 Å². The van der Waals surface area contributed by atoms with Crippen molar-refractivity contribution in [2.45, 2.75) is 31.7 Å². The van der Waals surface area contributed by atoms with Crippen LogP contribution in [0.15, 0.2) is 67.1 Å². The molecule has 30 heavy (non-hydrogen) atoms. The number of likely N-dealkylation sites (tertiary alicyclic amines) is 1. The average Bonchev–Trinajstić information content (AvgIpc) is 3.33. The van der Waals surface area contributed by atoms with Crippen molar-refractivity contribution in [2.24, 2.45) is 0 Å². The number of aromatic nitrogens is 2. The van der Waals surface area contributed by atoms with Crippen molar-refractivity contribution < 1.29 is 4.79 Å². The number of hydrogen-bond acceptors (Lipinski definition) is 4. The molecule has 3 aromatic rings. The largest absolute Gasteiger partial charge is 0.365 e. The van der Waals surface area contributed by atoms with Gasteiger partial charge >= 0.3 is 0 Å². The molecule has 152 valence electrons. The molecule has 0 aliphatic carbocycles. The molecule has 0 radical (unpaired) electrons. The van der Waals surface area contributed by atoms with E-state index in [9.17, 15) is 4.79 Å². The third kappa shape index (κ3) is 3.45. The maximum absolute atomic E-state index is 13.0. The molecule has 0 saturated carbocycles. The highest BCUT2D eigenvalue weighted by atomic mass is 16.2. The highest BCUT2D eigenvalue weighted by molar-refractivity contribution is 5.79. The van der Waals surface area contributed by atoms with E-state index < -0.39 is 0 Å². The average molecular weight is 399 g/mol. The Morgan fingerprint density at radius 3 is 2.67 bits per heavy atom. The molecular weight excluding hydrogens is 372 g/mol. The Kier molecular flexibility index (Phi) is 4.74. The Hall–Kier alpha value is -3.21. The molecule has 2 aliphatic rings. The van der Waals surface area contributed by atoms with Crippen LogP contribution < -0.4 is 4.90 Å². The van der Waals surface area contributed by atoms with Crippen molar-refractivity contribution in [1.29, 1.82) is 0 Å². The van der Waals surface area contributed by atoms with Crippen LogP contribution in [0.1, 0.15) is 28.8 Å². The Labute approximate surface area is 177 Å². The lowest BCUT2D eigenvalue weighted by Gasteiger charge is -2.26. The number of carbonyl (C=O) groups excluding carboxylic acids is 1. The quantitative estimate of drug-likeness (QED) is 0.675. The summed E-state index contributed by atoms with van der Waals surface area (Å²) >= 11 is 0. The third-order valence-electron chi connectivity index (χ3n) is 6.40. The zero-order valence-electron chi connectivity index (χ0n) is 17.3. The lowest BCUT2D eigenvalue weighted by Crippen LogP contribution is -2.38. The fraction of sp³-hybridized carbons (Fsp3) is 0.320. The molecule has 5 nitrogen and oxygen atoms in total. The van der Waals surface area contributed by atoms with Crippen molar-refractivity contribution in [3.8, 4) is 0 Å². The molecular formula is C25H26N4O. The van der Waals surface area contributed by atoms with Gasteiger partial charge in [-0.3, -0.25) is 14.8 Å². The van der Waals surface area contributed by atoms with Crippen LogP contribution in [-0.2, 0) is 23.2 Å². The monoisotopic (exact) mass is 398 g/mol. The molecule has 5 heteroatoms. The van der Waals surface area contributed by atoms with Crippen molar-refractivity contribution >= 4 is 11.6 Å². The van der Waals surface area contributed by atoms with Gasteiger partial charge in [0.2, 0.25) is 5.91 Å². The van der Waals surface area contributed by atoms with Crippen LogP contribution >= 0.6 is 0 Å². The topological polar surface area (TPSA) is 49.3 Å². The Morgan fingerprint density at radius 1 is 1.03 bits per heavy atom. The number of fused-ring (bicyclic) bond motifs is 2. The highest BCUT2D eigenvalue weighted by Gasteiger charge is 2.49. The second-order valence-electron chi connectivity index (χ2n) is 8.60. The van der Waals surface area contributed by atoms with Crippen molar-refractivity contribution in [1.82, 2.24) is 14.9 Å². The summed E-state index contributed by atoms with van der Waals surface area (Å²) in [6, 6.07) is 16.5. The molecule has 1 atom stereocenters. The van der Waals surface area contributed by atoms with E-state index in [1.54, 1.807) is 6.20 Å². The molecule has 1 spiro atoms. The van der Waals surface area contributed by atoms with E-state index in [4.69, 9.17) is 4.98 Å². The maximum atomic E-state index is 13.0. The number of pyridine rings is 2. The molecule has 4 heterocycles. The molecule has 5 rings (SSSR count). The van der Waals surface area contributed by atoms with Gasteiger partial charge in [0.05, 0.1) is 23.2 Å². The summed E-state index contributed by atoms with van der Waals surface area (Å²) in [4.78, 5) is 26.5. The number of anilines is 1. The number of amides is 1. The second kappa shape index (κ2) is 7.56. The summed E-state index contributed by atoms with van der Waals surface area (Å²) in [5.74, 6) is 0.207. The van der Waals surface area contributed by atoms with E-state index in [1.807, 2.05) is 29.4 Å². The van der Waals surface area contributed by atoms with E-state index in [2.05, 4.69) is 53.2 Å². The van der Waals surface area contributed by atoms with Gasteiger partial charge in [-0.15, -0.1) is 0 Å². The van der Waals surface area contributed by atoms with Gasteiger partial charge in [0, 0.05) is 44.8 Å². The zero-order valence-corrected chi connectivity index (χ0v) is 17.3. The van der Waals surface area contributed by atoms with Crippen LogP contribution in [-0.4, -0.2) is 40.4 Å². The molecule has 2 aromatic heterocycles.